The number of carbonyl (C=O) groups excluding carboxylic acids is 1. The van der Waals surface area contributed by atoms with Crippen LogP contribution in [0.4, 0.5) is 0 Å². The number of carbonyl (C=O) groups is 1. The minimum absolute atomic E-state index is 0.0403. The number of nitrogens with one attached hydrogen (secondary N) is 2. The molecular formula is C19H30N2O4. The molecule has 0 atom stereocenters. The van der Waals surface area contributed by atoms with Gasteiger partial charge >= 0.3 is 0 Å². The number of amides is 1. The molecule has 0 saturated carbocycles. The average Bonchev–Trinajstić information content (AvgIpc) is 2.49. The number of benzene rings is 1. The minimum atomic E-state index is -0.170. The maximum Gasteiger partial charge on any atom is 0.255 e. The third-order valence-corrected chi connectivity index (χ3v) is 4.47. The number of methoxy groups -OCH3 is 3. The molecule has 1 aliphatic heterocycles. The quantitative estimate of drug-likeness (QED) is 0.855. The largest absolute Gasteiger partial charge is 0.493 e. The van der Waals surface area contributed by atoms with Gasteiger partial charge in [0.15, 0.2) is 11.5 Å². The fraction of sp³-hybridized carbons (Fsp3) is 0.632. The van der Waals surface area contributed by atoms with Gasteiger partial charge in [-0.1, -0.05) is 0 Å². The summed E-state index contributed by atoms with van der Waals surface area (Å²) < 4.78 is 16.1. The Morgan fingerprint density at radius 1 is 1.00 bits per heavy atom. The van der Waals surface area contributed by atoms with Gasteiger partial charge in [0.25, 0.3) is 5.91 Å². The lowest BCUT2D eigenvalue weighted by molar-refractivity contribution is 0.0869. The first kappa shape index (κ1) is 19.4. The van der Waals surface area contributed by atoms with E-state index < -0.39 is 0 Å². The first-order chi connectivity index (χ1) is 11.6. The van der Waals surface area contributed by atoms with Crippen molar-refractivity contribution in [2.24, 2.45) is 0 Å². The molecule has 1 fully saturated rings. The van der Waals surface area contributed by atoms with Gasteiger partial charge in [-0.15, -0.1) is 0 Å². The van der Waals surface area contributed by atoms with E-state index in [0.717, 1.165) is 12.8 Å². The van der Waals surface area contributed by atoms with E-state index in [-0.39, 0.29) is 23.0 Å². The Hall–Kier alpha value is -1.95. The van der Waals surface area contributed by atoms with Gasteiger partial charge in [0.2, 0.25) is 5.75 Å². The first-order valence-electron chi connectivity index (χ1n) is 8.51. The minimum Gasteiger partial charge on any atom is -0.493 e. The van der Waals surface area contributed by atoms with Crippen LogP contribution in [0.2, 0.25) is 0 Å². The van der Waals surface area contributed by atoms with E-state index in [4.69, 9.17) is 14.2 Å². The van der Waals surface area contributed by atoms with Gasteiger partial charge in [0.1, 0.15) is 0 Å². The van der Waals surface area contributed by atoms with Crippen molar-refractivity contribution in [3.8, 4) is 17.2 Å². The fourth-order valence-electron chi connectivity index (χ4n) is 3.97. The lowest BCUT2D eigenvalue weighted by Gasteiger charge is -2.46. The van der Waals surface area contributed by atoms with Crippen molar-refractivity contribution in [3.63, 3.8) is 0 Å². The lowest BCUT2D eigenvalue weighted by Crippen LogP contribution is -2.62. The second kappa shape index (κ2) is 7.12. The predicted molar refractivity (Wildman–Crippen MR) is 97.9 cm³/mol. The van der Waals surface area contributed by atoms with Gasteiger partial charge in [-0.05, 0) is 52.7 Å². The zero-order valence-electron chi connectivity index (χ0n) is 16.3. The smallest absolute Gasteiger partial charge is 0.255 e. The molecule has 25 heavy (non-hydrogen) atoms. The number of piperidine rings is 1. The molecule has 0 bridgehead atoms. The number of ether oxygens (including phenoxy) is 3. The summed E-state index contributed by atoms with van der Waals surface area (Å²) in [5, 5.41) is 6.77. The Kier molecular flexibility index (Phi) is 5.52. The zero-order chi connectivity index (χ0) is 18.8. The second-order valence-electron chi connectivity index (χ2n) is 7.85. The molecule has 0 unspecified atom stereocenters. The standard InChI is InChI=1S/C19H30N2O4/c1-18(2)10-12(11-19(3,4)21-18)20-17(22)13-8-9-14(23-5)16(25-7)15(13)24-6/h8-9,12,21H,10-11H2,1-7H3,(H,20,22). The van der Waals surface area contributed by atoms with Gasteiger partial charge in [-0.2, -0.15) is 0 Å². The van der Waals surface area contributed by atoms with Crippen molar-refractivity contribution in [2.45, 2.75) is 57.7 Å². The van der Waals surface area contributed by atoms with Crippen LogP contribution in [0.25, 0.3) is 0 Å². The molecule has 2 rings (SSSR count). The van der Waals surface area contributed by atoms with Gasteiger partial charge in [0.05, 0.1) is 26.9 Å². The van der Waals surface area contributed by atoms with Gasteiger partial charge < -0.3 is 24.8 Å². The molecule has 2 N–H and O–H groups in total. The molecule has 0 aliphatic carbocycles. The van der Waals surface area contributed by atoms with E-state index >= 15 is 0 Å². The Labute approximate surface area is 150 Å². The van der Waals surface area contributed by atoms with Gasteiger partial charge in [-0.25, -0.2) is 0 Å². The summed E-state index contributed by atoms with van der Waals surface area (Å²) in [5.74, 6) is 1.16. The number of rotatable bonds is 5. The molecule has 1 heterocycles. The monoisotopic (exact) mass is 350 g/mol. The SMILES string of the molecule is COc1ccc(C(=O)NC2CC(C)(C)NC(C)(C)C2)c(OC)c1OC. The summed E-state index contributed by atoms with van der Waals surface area (Å²) in [6.07, 6.45) is 1.72. The van der Waals surface area contributed by atoms with Crippen molar-refractivity contribution in [1.82, 2.24) is 10.6 Å². The van der Waals surface area contributed by atoms with Crippen LogP contribution in [0, 0.1) is 0 Å². The highest BCUT2D eigenvalue weighted by Gasteiger charge is 2.38. The number of hydrogen-bond acceptors (Lipinski definition) is 5. The molecule has 6 heteroatoms. The summed E-state index contributed by atoms with van der Waals surface area (Å²) in [4.78, 5) is 12.9. The van der Waals surface area contributed by atoms with E-state index in [2.05, 4.69) is 38.3 Å². The lowest BCUT2D eigenvalue weighted by atomic mass is 9.79. The summed E-state index contributed by atoms with van der Waals surface area (Å²) in [5.41, 5.74) is 0.359. The van der Waals surface area contributed by atoms with E-state index in [9.17, 15) is 4.79 Å². The van der Waals surface area contributed by atoms with E-state index in [0.29, 0.717) is 22.8 Å². The maximum absolute atomic E-state index is 12.9. The molecule has 1 aliphatic rings. The highest BCUT2D eigenvalue weighted by molar-refractivity contribution is 5.98. The fourth-order valence-corrected chi connectivity index (χ4v) is 3.97. The van der Waals surface area contributed by atoms with Crippen LogP contribution in [0.15, 0.2) is 12.1 Å². The van der Waals surface area contributed by atoms with Crippen LogP contribution in [0.5, 0.6) is 17.2 Å². The summed E-state index contributed by atoms with van der Waals surface area (Å²) in [6.45, 7) is 8.63. The highest BCUT2D eigenvalue weighted by Crippen LogP contribution is 2.40. The van der Waals surface area contributed by atoms with Crippen molar-refractivity contribution in [3.05, 3.63) is 17.7 Å². The molecule has 6 nitrogen and oxygen atoms in total. The first-order valence-corrected chi connectivity index (χ1v) is 8.51. The summed E-state index contributed by atoms with van der Waals surface area (Å²) in [7, 11) is 4.60. The molecule has 0 aromatic heterocycles. The molecule has 140 valence electrons. The van der Waals surface area contributed by atoms with Crippen LogP contribution in [-0.4, -0.2) is 44.4 Å². The van der Waals surface area contributed by atoms with E-state index in [1.54, 1.807) is 19.2 Å². The van der Waals surface area contributed by atoms with Crippen LogP contribution < -0.4 is 24.8 Å². The van der Waals surface area contributed by atoms with E-state index in [1.807, 2.05) is 0 Å². The van der Waals surface area contributed by atoms with Crippen LogP contribution in [0.3, 0.4) is 0 Å². The maximum atomic E-state index is 12.9. The van der Waals surface area contributed by atoms with Crippen molar-refractivity contribution in [1.29, 1.82) is 0 Å². The normalized spacial score (nSPS) is 19.2. The molecule has 0 radical (unpaired) electrons. The van der Waals surface area contributed by atoms with Gasteiger partial charge in [0, 0.05) is 17.1 Å². The number of hydrogen-bond donors (Lipinski definition) is 2. The molecule has 0 spiro atoms. The Morgan fingerprint density at radius 2 is 1.56 bits per heavy atom. The van der Waals surface area contributed by atoms with Crippen molar-refractivity contribution >= 4 is 5.91 Å². The Bertz CT molecular complexity index is 625. The summed E-state index contributed by atoms with van der Waals surface area (Å²) >= 11 is 0. The molecule has 1 aromatic carbocycles. The van der Waals surface area contributed by atoms with Crippen molar-refractivity contribution < 1.29 is 19.0 Å². The highest BCUT2D eigenvalue weighted by atomic mass is 16.5. The molecule has 1 amide bonds. The Balaban J connectivity index is 2.26. The van der Waals surface area contributed by atoms with Crippen molar-refractivity contribution in [2.75, 3.05) is 21.3 Å². The van der Waals surface area contributed by atoms with Crippen LogP contribution >= 0.6 is 0 Å². The Morgan fingerprint density at radius 3 is 2.04 bits per heavy atom. The van der Waals surface area contributed by atoms with Crippen LogP contribution in [-0.2, 0) is 0 Å². The topological polar surface area (TPSA) is 68.8 Å². The molecule has 1 saturated heterocycles. The zero-order valence-corrected chi connectivity index (χ0v) is 16.3. The predicted octanol–water partition coefficient (Wildman–Crippen LogP) is 2.75. The van der Waals surface area contributed by atoms with Crippen LogP contribution in [0.1, 0.15) is 50.9 Å². The third kappa shape index (κ3) is 4.37. The summed E-state index contributed by atoms with van der Waals surface area (Å²) in [6, 6.07) is 3.50. The average molecular weight is 350 g/mol. The van der Waals surface area contributed by atoms with E-state index in [1.165, 1.54) is 14.2 Å². The molecular weight excluding hydrogens is 320 g/mol. The second-order valence-corrected chi connectivity index (χ2v) is 7.85. The van der Waals surface area contributed by atoms with Gasteiger partial charge in [-0.3, -0.25) is 4.79 Å². The third-order valence-electron chi connectivity index (χ3n) is 4.47. The molecule has 1 aromatic rings.